The van der Waals surface area contributed by atoms with Gasteiger partial charge in [0.1, 0.15) is 17.8 Å². The number of rotatable bonds is 33. The van der Waals surface area contributed by atoms with Crippen LogP contribution in [0.15, 0.2) is 71.9 Å². The van der Waals surface area contributed by atoms with Gasteiger partial charge >= 0.3 is 17.9 Å². The molecule has 0 saturated carbocycles. The van der Waals surface area contributed by atoms with Gasteiger partial charge in [-0.1, -0.05) is 116 Å². The number of allylic oxidation sites excluding steroid dienone is 7. The molecule has 0 aromatic carbocycles. The van der Waals surface area contributed by atoms with Gasteiger partial charge in [0.25, 0.3) is 0 Å². The van der Waals surface area contributed by atoms with Gasteiger partial charge in [-0.05, 0) is 95.5 Å². The molecule has 2 aliphatic rings. The zero-order chi connectivity index (χ0) is 57.6. The topological polar surface area (TPSA) is 248 Å². The average molecular weight is 1080 g/mol. The molecule has 0 bridgehead atoms. The molecule has 21 atom stereocenters. The maximum atomic E-state index is 13.2. The van der Waals surface area contributed by atoms with Crippen LogP contribution in [0.25, 0.3) is 0 Å². The fourth-order valence-corrected chi connectivity index (χ4v) is 10.8. The number of aliphatic hydroxyl groups is 7. The molecule has 436 valence electrons. The first-order valence-corrected chi connectivity index (χ1v) is 27.6. The highest BCUT2D eigenvalue weighted by atomic mass is 16.6. The summed E-state index contributed by atoms with van der Waals surface area (Å²) in [4.78, 5) is 37.0. The van der Waals surface area contributed by atoms with E-state index in [-0.39, 0.29) is 72.3 Å². The number of methoxy groups -OCH3 is 4. The third-order valence-electron chi connectivity index (χ3n) is 16.4. The lowest BCUT2D eigenvalue weighted by molar-refractivity contribution is -0.212. The van der Waals surface area contributed by atoms with Crippen molar-refractivity contribution in [3.8, 4) is 0 Å². The largest absolute Gasteiger partial charge is 0.466 e. The first-order valence-electron chi connectivity index (χ1n) is 27.6. The van der Waals surface area contributed by atoms with Crippen molar-refractivity contribution in [3.63, 3.8) is 0 Å². The lowest BCUT2D eigenvalue weighted by atomic mass is 9.73. The van der Waals surface area contributed by atoms with Crippen LogP contribution in [-0.2, 0) is 42.8 Å². The number of esters is 3. The molecule has 7 N–H and O–H groups in total. The predicted molar refractivity (Wildman–Crippen MR) is 293 cm³/mol. The molecule has 0 aromatic rings. The number of aliphatic hydroxyl groups excluding tert-OH is 6. The van der Waals surface area contributed by atoms with E-state index in [9.17, 15) is 50.1 Å². The van der Waals surface area contributed by atoms with Gasteiger partial charge in [-0.15, -0.1) is 0 Å². The van der Waals surface area contributed by atoms with Crippen molar-refractivity contribution in [2.75, 3.05) is 28.4 Å². The van der Waals surface area contributed by atoms with Gasteiger partial charge in [0.05, 0.1) is 49.8 Å². The summed E-state index contributed by atoms with van der Waals surface area (Å²) in [6.45, 7) is 20.6. The minimum Gasteiger partial charge on any atom is -0.466 e. The van der Waals surface area contributed by atoms with Crippen LogP contribution in [0.4, 0.5) is 0 Å². The van der Waals surface area contributed by atoms with E-state index in [4.69, 9.17) is 23.7 Å². The normalized spacial score (nSPS) is 28.2. The number of cyclic esters (lactones) is 2. The quantitative estimate of drug-likeness (QED) is 0.0112. The second kappa shape index (κ2) is 33.8. The zero-order valence-electron chi connectivity index (χ0n) is 48.5. The maximum Gasteiger partial charge on any atom is 0.338 e. The Morgan fingerprint density at radius 2 is 1.37 bits per heavy atom. The molecule has 2 heterocycles. The van der Waals surface area contributed by atoms with E-state index in [1.54, 1.807) is 67.3 Å². The molecule has 0 aromatic heterocycles. The summed E-state index contributed by atoms with van der Waals surface area (Å²) in [6.07, 6.45) is 13.8. The minimum absolute atomic E-state index is 0.00934. The van der Waals surface area contributed by atoms with Gasteiger partial charge in [-0.25, -0.2) is 14.4 Å². The number of carbonyl (C=O) groups is 3. The third-order valence-corrected chi connectivity index (χ3v) is 16.4. The SMILES string of the molecule is COC(=O)/C=C/C=C/C=C/C(C)C(OC)C(C)C(O)C(C)C(O)/C(C)=C/C(C)=C/C(C)C1CC(O)(C(C)CCC(CC(CC(O)C(C)C/C=C/C(C)C2CC(C(C)CCC(C)O)C(O)C(=O)O2)OC)OC)C(O)C(=O)O1. The minimum atomic E-state index is -1.79. The molecule has 0 amide bonds. The van der Waals surface area contributed by atoms with Gasteiger partial charge in [0.15, 0.2) is 12.2 Å². The summed E-state index contributed by atoms with van der Waals surface area (Å²) in [5, 5.41) is 77.6. The predicted octanol–water partition coefficient (Wildman–Crippen LogP) is 7.30. The average Bonchev–Trinajstić information content (AvgIpc) is 3.38. The number of ether oxygens (including phenoxy) is 6. The van der Waals surface area contributed by atoms with Crippen molar-refractivity contribution in [2.45, 2.75) is 207 Å². The second-order valence-corrected chi connectivity index (χ2v) is 22.6. The third kappa shape index (κ3) is 21.3. The Labute approximate surface area is 455 Å². The van der Waals surface area contributed by atoms with E-state index in [0.717, 1.165) is 5.57 Å². The van der Waals surface area contributed by atoms with Gasteiger partial charge < -0.3 is 64.2 Å². The van der Waals surface area contributed by atoms with Gasteiger partial charge in [-0.2, -0.15) is 0 Å². The summed E-state index contributed by atoms with van der Waals surface area (Å²) in [5.41, 5.74) is -0.392. The van der Waals surface area contributed by atoms with Crippen LogP contribution in [0.1, 0.15) is 134 Å². The first kappa shape index (κ1) is 68.6. The monoisotopic (exact) mass is 1080 g/mol. The number of hydrogen-bond acceptors (Lipinski definition) is 16. The summed E-state index contributed by atoms with van der Waals surface area (Å²) in [5.74, 6) is -4.32. The molecular weight excluding hydrogens is 977 g/mol. The molecule has 2 saturated heterocycles. The maximum absolute atomic E-state index is 13.2. The van der Waals surface area contributed by atoms with Crippen LogP contribution in [0.2, 0.25) is 0 Å². The Balaban J connectivity index is 2.02. The molecule has 21 unspecified atom stereocenters. The first-order chi connectivity index (χ1) is 35.7. The van der Waals surface area contributed by atoms with Gasteiger partial charge in [0, 0.05) is 69.3 Å². The van der Waals surface area contributed by atoms with Crippen molar-refractivity contribution in [1.82, 2.24) is 0 Å². The molecule has 2 aliphatic heterocycles. The van der Waals surface area contributed by atoms with Crippen molar-refractivity contribution in [2.24, 2.45) is 53.3 Å². The lowest BCUT2D eigenvalue weighted by Crippen LogP contribution is -2.59. The van der Waals surface area contributed by atoms with E-state index in [1.807, 2.05) is 84.9 Å². The van der Waals surface area contributed by atoms with E-state index in [2.05, 4.69) is 4.74 Å². The molecule has 0 aliphatic carbocycles. The molecule has 76 heavy (non-hydrogen) atoms. The van der Waals surface area contributed by atoms with Crippen LogP contribution in [0.5, 0.6) is 0 Å². The lowest BCUT2D eigenvalue weighted by Gasteiger charge is -2.44. The molecule has 0 radical (unpaired) electrons. The van der Waals surface area contributed by atoms with E-state index < -0.39 is 78.1 Å². The molecule has 0 spiro atoms. The van der Waals surface area contributed by atoms with E-state index in [1.165, 1.54) is 13.2 Å². The summed E-state index contributed by atoms with van der Waals surface area (Å²) < 4.78 is 33.4. The van der Waals surface area contributed by atoms with Crippen molar-refractivity contribution in [3.05, 3.63) is 71.9 Å². The van der Waals surface area contributed by atoms with Crippen molar-refractivity contribution < 1.29 is 78.6 Å². The fourth-order valence-electron chi connectivity index (χ4n) is 10.8. The standard InChI is InChI=1S/C60H100O16/c1-35(30-41(7)53(64)44(10)54(65)45(11)56(74-15)39(5)21-18-16-17-19-24-52(63)73-14)29-40(6)51-34-60(70,57(67)59(69)76-51)42(8)26-28-46(71-12)31-47(72-13)32-49(62)37(3)22-20-23-38(4)50-33-48(55(66)58(68)75-50)36(2)25-27-43(9)61/h16-21,23-24,29-30,36-40,42-51,53-57,61-62,64-67,70H,22,25-28,31-34H2,1-15H3/b17-16+,21-18+,23-20+,24-19+,35-29+,41-30+. The number of carbonyl (C=O) groups excluding carboxylic acids is 3. The van der Waals surface area contributed by atoms with Crippen LogP contribution in [0, 0.1) is 53.3 Å². The Morgan fingerprint density at radius 3 is 1.97 bits per heavy atom. The smallest absolute Gasteiger partial charge is 0.338 e. The summed E-state index contributed by atoms with van der Waals surface area (Å²) in [7, 11) is 6.09. The highest BCUT2D eigenvalue weighted by Gasteiger charge is 2.52. The molecule has 2 fully saturated rings. The molecule has 16 heteroatoms. The van der Waals surface area contributed by atoms with Crippen molar-refractivity contribution in [1.29, 1.82) is 0 Å². The fraction of sp³-hybridized carbons (Fsp3) is 0.750. The Bertz CT molecular complexity index is 1930. The zero-order valence-corrected chi connectivity index (χ0v) is 48.5. The molecular formula is C60H100O16. The molecule has 2 rings (SSSR count). The highest BCUT2D eigenvalue weighted by Crippen LogP contribution is 2.39. The van der Waals surface area contributed by atoms with Crippen LogP contribution < -0.4 is 0 Å². The summed E-state index contributed by atoms with van der Waals surface area (Å²) >= 11 is 0. The van der Waals surface area contributed by atoms with Crippen molar-refractivity contribution >= 4 is 17.9 Å². The van der Waals surface area contributed by atoms with Crippen LogP contribution in [-0.4, -0.2) is 155 Å². The summed E-state index contributed by atoms with van der Waals surface area (Å²) in [6, 6.07) is 0. The Kier molecular flexibility index (Phi) is 30.5. The Morgan fingerprint density at radius 1 is 0.737 bits per heavy atom. The van der Waals surface area contributed by atoms with E-state index in [0.29, 0.717) is 56.9 Å². The Hall–Kier alpha value is -3.55. The van der Waals surface area contributed by atoms with Crippen LogP contribution in [0.3, 0.4) is 0 Å². The van der Waals surface area contributed by atoms with Gasteiger partial charge in [-0.3, -0.25) is 0 Å². The second-order valence-electron chi connectivity index (χ2n) is 22.6. The van der Waals surface area contributed by atoms with E-state index >= 15 is 0 Å². The highest BCUT2D eigenvalue weighted by molar-refractivity contribution is 5.82. The molecule has 16 nitrogen and oxygen atoms in total. The number of hydrogen-bond donors (Lipinski definition) is 7. The van der Waals surface area contributed by atoms with Crippen LogP contribution >= 0.6 is 0 Å². The van der Waals surface area contributed by atoms with Gasteiger partial charge in [0.2, 0.25) is 0 Å².